The highest BCUT2D eigenvalue weighted by Crippen LogP contribution is 2.23. The molecule has 4 rings (SSSR count). The Morgan fingerprint density at radius 1 is 1.06 bits per heavy atom. The number of thiazole rings is 1. The van der Waals surface area contributed by atoms with E-state index in [2.05, 4.69) is 29.8 Å². The molecule has 16 heteroatoms. The zero-order valence-electron chi connectivity index (χ0n) is 29.6. The quantitative estimate of drug-likeness (QED) is 0.113. The lowest BCUT2D eigenvalue weighted by atomic mass is 9.93. The number of piperidine rings is 1. The number of ketones is 1. The molecule has 1 atom stereocenters. The molecule has 276 valence electrons. The van der Waals surface area contributed by atoms with Crippen molar-refractivity contribution >= 4 is 45.1 Å². The van der Waals surface area contributed by atoms with Crippen LogP contribution in [0.5, 0.6) is 0 Å². The van der Waals surface area contributed by atoms with Crippen LogP contribution < -0.4 is 15.8 Å². The van der Waals surface area contributed by atoms with Gasteiger partial charge in [0, 0.05) is 57.4 Å². The van der Waals surface area contributed by atoms with Crippen molar-refractivity contribution in [1.82, 2.24) is 29.7 Å². The summed E-state index contributed by atoms with van der Waals surface area (Å²) in [6.07, 6.45) is 5.03. The van der Waals surface area contributed by atoms with Gasteiger partial charge in [0.2, 0.25) is 17.6 Å². The number of nitrogens with zero attached hydrogens (tertiary/aromatic N) is 5. The largest absolute Gasteiger partial charge is 0.444 e. The minimum absolute atomic E-state index is 0.0773. The Balaban J connectivity index is 1.18. The van der Waals surface area contributed by atoms with Crippen molar-refractivity contribution in [2.45, 2.75) is 76.3 Å². The SMILES string of the molecule is Cc1ccc(S(=O)(=O)NC(N)=NCCC[C@H](NC(=O)CN2CCN(CCC3CCN(C(=O)OC(C)(C)C)CC3)CC2)C(=O)c2nccs2)cc1. The first kappa shape index (κ1) is 39.2. The first-order valence-electron chi connectivity index (χ1n) is 17.2. The lowest BCUT2D eigenvalue weighted by Crippen LogP contribution is -2.51. The second kappa shape index (κ2) is 18.1. The Bertz CT molecular complexity index is 1540. The van der Waals surface area contributed by atoms with Gasteiger partial charge in [-0.2, -0.15) is 0 Å². The second-order valence-corrected chi connectivity index (χ2v) is 16.5. The number of hydrogen-bond acceptors (Lipinski definition) is 11. The van der Waals surface area contributed by atoms with Crippen LogP contribution in [0.4, 0.5) is 4.79 Å². The molecule has 0 radical (unpaired) electrons. The molecule has 1 aromatic carbocycles. The highest BCUT2D eigenvalue weighted by Gasteiger charge is 2.29. The van der Waals surface area contributed by atoms with Crippen molar-refractivity contribution in [3.05, 3.63) is 46.4 Å². The van der Waals surface area contributed by atoms with Crippen molar-refractivity contribution in [3.63, 3.8) is 0 Å². The number of aliphatic imine (C=N–C) groups is 1. The van der Waals surface area contributed by atoms with E-state index in [4.69, 9.17) is 10.5 Å². The van der Waals surface area contributed by atoms with E-state index in [0.29, 0.717) is 17.3 Å². The van der Waals surface area contributed by atoms with E-state index in [0.717, 1.165) is 70.6 Å². The summed E-state index contributed by atoms with van der Waals surface area (Å²) in [5.41, 5.74) is 6.30. The predicted molar refractivity (Wildman–Crippen MR) is 194 cm³/mol. The number of hydrogen-bond donors (Lipinski definition) is 3. The van der Waals surface area contributed by atoms with Gasteiger partial charge in [0.1, 0.15) is 5.60 Å². The normalized spacial score (nSPS) is 17.7. The fourth-order valence-corrected chi connectivity index (χ4v) is 7.50. The van der Waals surface area contributed by atoms with Gasteiger partial charge in [-0.25, -0.2) is 22.9 Å². The monoisotopic (exact) mass is 732 g/mol. The number of benzene rings is 1. The molecule has 1 aromatic heterocycles. The highest BCUT2D eigenvalue weighted by atomic mass is 32.2. The van der Waals surface area contributed by atoms with E-state index in [1.54, 1.807) is 23.7 Å². The van der Waals surface area contributed by atoms with E-state index in [-0.39, 0.29) is 48.1 Å². The van der Waals surface area contributed by atoms with Gasteiger partial charge in [-0.15, -0.1) is 11.3 Å². The van der Waals surface area contributed by atoms with Crippen molar-refractivity contribution in [2.75, 3.05) is 58.9 Å². The molecule has 2 aromatic rings. The van der Waals surface area contributed by atoms with E-state index in [1.165, 1.54) is 23.5 Å². The van der Waals surface area contributed by atoms with Gasteiger partial charge in [-0.1, -0.05) is 17.7 Å². The maximum atomic E-state index is 13.2. The Morgan fingerprint density at radius 3 is 2.34 bits per heavy atom. The van der Waals surface area contributed by atoms with E-state index in [9.17, 15) is 22.8 Å². The van der Waals surface area contributed by atoms with Gasteiger partial charge >= 0.3 is 6.09 Å². The summed E-state index contributed by atoms with van der Waals surface area (Å²) >= 11 is 1.21. The lowest BCUT2D eigenvalue weighted by Gasteiger charge is -2.37. The molecule has 4 N–H and O–H groups in total. The van der Waals surface area contributed by atoms with Crippen molar-refractivity contribution in [1.29, 1.82) is 0 Å². The number of sulfonamides is 1. The number of Topliss-reactive ketones (excluding diaryl/α,β-unsaturated/α-hetero) is 1. The van der Waals surface area contributed by atoms with Gasteiger partial charge in [0.25, 0.3) is 10.0 Å². The van der Waals surface area contributed by atoms with Crippen LogP contribution in [0.2, 0.25) is 0 Å². The Hall–Kier alpha value is -3.60. The minimum atomic E-state index is -3.87. The fourth-order valence-electron chi connectivity index (χ4n) is 5.91. The Morgan fingerprint density at radius 2 is 1.72 bits per heavy atom. The molecule has 2 aliphatic rings. The third kappa shape index (κ3) is 12.6. The third-order valence-electron chi connectivity index (χ3n) is 8.75. The number of aromatic nitrogens is 1. The molecule has 2 fully saturated rings. The van der Waals surface area contributed by atoms with E-state index >= 15 is 0 Å². The molecule has 14 nitrogen and oxygen atoms in total. The number of likely N-dealkylation sites (tertiary alicyclic amines) is 1. The number of rotatable bonds is 14. The summed E-state index contributed by atoms with van der Waals surface area (Å²) in [6, 6.07) is 5.58. The first-order valence-corrected chi connectivity index (χ1v) is 19.6. The summed E-state index contributed by atoms with van der Waals surface area (Å²) in [5.74, 6) is -0.180. The maximum absolute atomic E-state index is 13.2. The maximum Gasteiger partial charge on any atom is 0.410 e. The highest BCUT2D eigenvalue weighted by molar-refractivity contribution is 7.90. The average Bonchev–Trinajstić information content (AvgIpc) is 3.60. The van der Waals surface area contributed by atoms with Crippen LogP contribution in [-0.2, 0) is 19.6 Å². The molecule has 2 saturated heterocycles. The average molecular weight is 733 g/mol. The fraction of sp³-hybridized carbons (Fsp3) is 0.618. The molecular weight excluding hydrogens is 681 g/mol. The van der Waals surface area contributed by atoms with Crippen molar-refractivity contribution in [2.24, 2.45) is 16.6 Å². The molecule has 0 spiro atoms. The molecule has 0 aliphatic carbocycles. The smallest absolute Gasteiger partial charge is 0.410 e. The van der Waals surface area contributed by atoms with Gasteiger partial charge in [-0.3, -0.25) is 19.5 Å². The van der Waals surface area contributed by atoms with Crippen LogP contribution in [0, 0.1) is 12.8 Å². The van der Waals surface area contributed by atoms with Gasteiger partial charge in [0.15, 0.2) is 5.01 Å². The number of aryl methyl sites for hydroxylation is 1. The van der Waals surface area contributed by atoms with E-state index in [1.807, 2.05) is 32.6 Å². The predicted octanol–water partition coefficient (Wildman–Crippen LogP) is 2.85. The lowest BCUT2D eigenvalue weighted by molar-refractivity contribution is -0.123. The molecule has 50 heavy (non-hydrogen) atoms. The molecule has 2 aliphatic heterocycles. The number of ether oxygens (including phenoxy) is 1. The number of guanidine groups is 1. The van der Waals surface area contributed by atoms with Gasteiger partial charge in [-0.05, 0) is 84.4 Å². The number of nitrogens with one attached hydrogen (secondary N) is 2. The van der Waals surface area contributed by atoms with Gasteiger partial charge in [0.05, 0.1) is 17.5 Å². The number of piperazine rings is 1. The zero-order valence-corrected chi connectivity index (χ0v) is 31.2. The summed E-state index contributed by atoms with van der Waals surface area (Å²) in [5, 5.41) is 4.93. The van der Waals surface area contributed by atoms with E-state index < -0.39 is 21.7 Å². The number of carbonyl (C=O) groups excluding carboxylic acids is 3. The number of carbonyl (C=O) groups is 3. The Kier molecular flexibility index (Phi) is 14.2. The summed E-state index contributed by atoms with van der Waals surface area (Å²) in [7, 11) is -3.87. The van der Waals surface area contributed by atoms with Crippen LogP contribution in [0.25, 0.3) is 0 Å². The Labute approximate surface area is 299 Å². The van der Waals surface area contributed by atoms with Gasteiger partial charge < -0.3 is 25.6 Å². The second-order valence-electron chi connectivity index (χ2n) is 14.0. The van der Waals surface area contributed by atoms with Crippen LogP contribution in [0.1, 0.15) is 68.2 Å². The number of nitrogens with two attached hydrogens (primary N) is 1. The molecule has 0 bridgehead atoms. The molecule has 0 saturated carbocycles. The molecular formula is C34H52N8O6S2. The zero-order chi connectivity index (χ0) is 36.3. The van der Waals surface area contributed by atoms with Crippen LogP contribution in [-0.4, -0.2) is 122 Å². The summed E-state index contributed by atoms with van der Waals surface area (Å²) in [4.78, 5) is 53.4. The minimum Gasteiger partial charge on any atom is -0.444 e. The summed E-state index contributed by atoms with van der Waals surface area (Å²) < 4.78 is 33.0. The van der Waals surface area contributed by atoms with Crippen LogP contribution in [0.3, 0.4) is 0 Å². The van der Waals surface area contributed by atoms with Crippen molar-refractivity contribution in [3.8, 4) is 0 Å². The molecule has 0 unspecified atom stereocenters. The third-order valence-corrected chi connectivity index (χ3v) is 10.9. The van der Waals surface area contributed by atoms with Crippen LogP contribution in [0.15, 0.2) is 45.7 Å². The number of amides is 2. The standard InChI is InChI=1S/C34H52N8O6S2/c1-25-7-9-27(10-8-25)50(46,47)39-32(35)37-14-5-6-28(30(44)31-36-15-23-49-31)38-29(43)24-41-21-19-40(20-22-41)16-11-26-12-17-42(18-13-26)33(45)48-34(2,3)4/h7-10,15,23,26,28H,5-6,11-14,16-22,24H2,1-4H3,(H,38,43)(H3,35,37,39)/t28-/m0/s1. The molecule has 3 heterocycles. The van der Waals surface area contributed by atoms with Crippen molar-refractivity contribution < 1.29 is 27.5 Å². The molecule has 2 amide bonds. The summed E-state index contributed by atoms with van der Waals surface area (Å²) in [6.45, 7) is 13.5. The van der Waals surface area contributed by atoms with Crippen LogP contribution >= 0.6 is 11.3 Å². The topological polar surface area (TPSA) is 180 Å². The first-order chi connectivity index (χ1) is 23.7.